The molecule has 7 heteroatoms. The molecule has 0 spiro atoms. The van der Waals surface area contributed by atoms with Crippen molar-refractivity contribution in [2.75, 3.05) is 11.4 Å². The van der Waals surface area contributed by atoms with Crippen LogP contribution < -0.4 is 14.7 Å². The van der Waals surface area contributed by atoms with E-state index in [9.17, 15) is 9.90 Å². The van der Waals surface area contributed by atoms with E-state index in [0.29, 0.717) is 22.3 Å². The molecule has 0 radical (unpaired) electrons. The molecule has 34 heavy (non-hydrogen) atoms. The second kappa shape index (κ2) is 10.9. The number of carboxylic acid groups (broad SMARTS) is 1. The van der Waals surface area contributed by atoms with Crippen molar-refractivity contribution >= 4 is 34.0 Å². The summed E-state index contributed by atoms with van der Waals surface area (Å²) >= 11 is 8.03. The molecule has 0 saturated heterocycles. The Bertz CT molecular complexity index is 955. The number of benzene rings is 1. The van der Waals surface area contributed by atoms with Crippen LogP contribution in [0.1, 0.15) is 78.6 Å². The number of carbonyl (C=O) groups excluding carboxylic acids is 1. The average molecular weight is 504 g/mol. The molecule has 1 aromatic heterocycles. The first-order chi connectivity index (χ1) is 16.2. The van der Waals surface area contributed by atoms with Gasteiger partial charge in [0.25, 0.3) is 0 Å². The summed E-state index contributed by atoms with van der Waals surface area (Å²) in [4.78, 5) is 18.0. The van der Waals surface area contributed by atoms with Gasteiger partial charge in [-0.05, 0) is 74.1 Å². The lowest BCUT2D eigenvalue weighted by molar-refractivity contribution is -0.305. The molecule has 2 aliphatic rings. The van der Waals surface area contributed by atoms with Gasteiger partial charge >= 0.3 is 0 Å². The maximum atomic E-state index is 11.1. The van der Waals surface area contributed by atoms with Crippen molar-refractivity contribution < 1.29 is 14.6 Å². The summed E-state index contributed by atoms with van der Waals surface area (Å²) in [7, 11) is 0. The Morgan fingerprint density at radius 3 is 2.35 bits per heavy atom. The van der Waals surface area contributed by atoms with Crippen LogP contribution in [0.25, 0.3) is 11.3 Å². The molecule has 0 aliphatic heterocycles. The number of thiazole rings is 1. The summed E-state index contributed by atoms with van der Waals surface area (Å²) in [5, 5.41) is 11.9. The lowest BCUT2D eigenvalue weighted by Crippen LogP contribution is -2.37. The predicted molar refractivity (Wildman–Crippen MR) is 138 cm³/mol. The zero-order chi connectivity index (χ0) is 24.3. The second-order valence-corrected chi connectivity index (χ2v) is 12.4. The maximum absolute atomic E-state index is 11.1. The lowest BCUT2D eigenvalue weighted by atomic mass is 9.72. The number of ether oxygens (including phenoxy) is 1. The van der Waals surface area contributed by atoms with Crippen LogP contribution in [0, 0.1) is 11.3 Å². The third-order valence-corrected chi connectivity index (χ3v) is 8.76. The Morgan fingerprint density at radius 1 is 1.12 bits per heavy atom. The number of aliphatic carboxylic acids is 1. The summed E-state index contributed by atoms with van der Waals surface area (Å²) in [5.74, 6) is 0.621. The topological polar surface area (TPSA) is 65.5 Å². The predicted octanol–water partition coefficient (Wildman–Crippen LogP) is 6.34. The van der Waals surface area contributed by atoms with Gasteiger partial charge in [0.1, 0.15) is 15.8 Å². The molecule has 0 bridgehead atoms. The molecule has 2 aliphatic carbocycles. The first kappa shape index (κ1) is 25.3. The van der Waals surface area contributed by atoms with E-state index in [-0.39, 0.29) is 12.5 Å². The molecular formula is C27H36ClN2O3S-. The molecule has 2 fully saturated rings. The van der Waals surface area contributed by atoms with Crippen LogP contribution in [0.3, 0.4) is 0 Å². The molecule has 2 aromatic rings. The Kier molecular flexibility index (Phi) is 8.08. The fourth-order valence-electron chi connectivity index (χ4n) is 5.38. The van der Waals surface area contributed by atoms with E-state index >= 15 is 0 Å². The molecule has 0 unspecified atom stereocenters. The van der Waals surface area contributed by atoms with Gasteiger partial charge in [-0.3, -0.25) is 0 Å². The van der Waals surface area contributed by atoms with E-state index < -0.39 is 5.97 Å². The highest BCUT2D eigenvalue weighted by molar-refractivity contribution is 7.20. The van der Waals surface area contributed by atoms with E-state index in [1.165, 1.54) is 24.2 Å². The maximum Gasteiger partial charge on any atom is 0.187 e. The monoisotopic (exact) mass is 503 g/mol. The summed E-state index contributed by atoms with van der Waals surface area (Å²) in [6, 6.07) is 8.36. The van der Waals surface area contributed by atoms with Crippen LogP contribution >= 0.6 is 22.9 Å². The number of rotatable bonds is 8. The fourth-order valence-corrected chi connectivity index (χ4v) is 6.66. The minimum Gasteiger partial charge on any atom is -0.550 e. The minimum atomic E-state index is -1.03. The molecule has 2 saturated carbocycles. The van der Waals surface area contributed by atoms with Crippen molar-refractivity contribution in [2.45, 2.75) is 90.7 Å². The van der Waals surface area contributed by atoms with Gasteiger partial charge in [-0.1, -0.05) is 56.6 Å². The lowest BCUT2D eigenvalue weighted by Gasteiger charge is -2.36. The number of halogens is 1. The van der Waals surface area contributed by atoms with Gasteiger partial charge in [-0.15, -0.1) is 0 Å². The summed E-state index contributed by atoms with van der Waals surface area (Å²) in [5.41, 5.74) is 2.06. The first-order valence-electron chi connectivity index (χ1n) is 12.6. The zero-order valence-electron chi connectivity index (χ0n) is 20.5. The second-order valence-electron chi connectivity index (χ2n) is 10.9. The molecule has 0 amide bonds. The van der Waals surface area contributed by atoms with Crippen LogP contribution in [0.15, 0.2) is 24.3 Å². The Morgan fingerprint density at radius 2 is 1.76 bits per heavy atom. The first-order valence-corrected chi connectivity index (χ1v) is 13.8. The van der Waals surface area contributed by atoms with Crippen molar-refractivity contribution in [3.8, 4) is 17.0 Å². The number of aromatic nitrogens is 1. The SMILES string of the molecule is CC(C)(C)C1CCC(Oc2ccc(-c3nc(N(CCC(=O)[O-])C4CCCC4)sc3Cl)cc2)CC1. The highest BCUT2D eigenvalue weighted by atomic mass is 35.5. The molecule has 0 atom stereocenters. The van der Waals surface area contributed by atoms with Gasteiger partial charge in [0.15, 0.2) is 5.13 Å². The smallest absolute Gasteiger partial charge is 0.187 e. The number of carbonyl (C=O) groups is 1. The van der Waals surface area contributed by atoms with Gasteiger partial charge in [0.2, 0.25) is 0 Å². The molecule has 1 aromatic carbocycles. The van der Waals surface area contributed by atoms with Gasteiger partial charge in [-0.2, -0.15) is 0 Å². The number of hydrogen-bond donors (Lipinski definition) is 0. The van der Waals surface area contributed by atoms with Crippen LogP contribution in [0.5, 0.6) is 5.75 Å². The van der Waals surface area contributed by atoms with Crippen LogP contribution in [0.4, 0.5) is 5.13 Å². The zero-order valence-corrected chi connectivity index (χ0v) is 22.1. The van der Waals surface area contributed by atoms with Gasteiger partial charge in [-0.25, -0.2) is 4.98 Å². The normalized spacial score (nSPS) is 21.5. The van der Waals surface area contributed by atoms with Crippen LogP contribution in [-0.2, 0) is 4.79 Å². The van der Waals surface area contributed by atoms with Crippen molar-refractivity contribution in [1.82, 2.24) is 4.98 Å². The fraction of sp³-hybridized carbons (Fsp3) is 0.630. The van der Waals surface area contributed by atoms with Gasteiger partial charge in [0, 0.05) is 30.5 Å². The van der Waals surface area contributed by atoms with E-state index in [1.807, 2.05) is 24.3 Å². The van der Waals surface area contributed by atoms with Crippen molar-refractivity contribution in [1.29, 1.82) is 0 Å². The van der Waals surface area contributed by atoms with Gasteiger partial charge in [0.05, 0.1) is 6.10 Å². The number of anilines is 1. The summed E-state index contributed by atoms with van der Waals surface area (Å²) in [6.07, 6.45) is 9.37. The highest BCUT2D eigenvalue weighted by Crippen LogP contribution is 2.41. The number of hydrogen-bond acceptors (Lipinski definition) is 6. The van der Waals surface area contributed by atoms with Crippen molar-refractivity contribution in [2.24, 2.45) is 11.3 Å². The molecule has 5 nitrogen and oxygen atoms in total. The van der Waals surface area contributed by atoms with Crippen LogP contribution in [0.2, 0.25) is 4.34 Å². The Balaban J connectivity index is 1.42. The van der Waals surface area contributed by atoms with E-state index in [4.69, 9.17) is 21.3 Å². The van der Waals surface area contributed by atoms with Crippen LogP contribution in [-0.4, -0.2) is 29.6 Å². The van der Waals surface area contributed by atoms with Gasteiger partial charge < -0.3 is 19.5 Å². The Labute approximate surface area is 212 Å². The summed E-state index contributed by atoms with van der Waals surface area (Å²) < 4.78 is 6.91. The van der Waals surface area contributed by atoms with E-state index in [0.717, 1.165) is 66.6 Å². The number of carboxylic acids is 1. The highest BCUT2D eigenvalue weighted by Gasteiger charge is 2.30. The molecule has 1 heterocycles. The minimum absolute atomic E-state index is 0.00721. The number of nitrogens with zero attached hydrogens (tertiary/aromatic N) is 2. The third kappa shape index (κ3) is 6.25. The standard InChI is InChI=1S/C27H37ClN2O3S/c1-27(2,3)19-10-14-22(15-11-19)33-21-12-8-18(9-13-21)24-25(28)34-26(29-24)30(17-16-23(31)32)20-6-4-5-7-20/h8-9,12-13,19-20,22H,4-7,10-11,14-17H2,1-3H3,(H,31,32)/p-1. The summed E-state index contributed by atoms with van der Waals surface area (Å²) in [6.45, 7) is 7.41. The third-order valence-electron chi connectivity index (χ3n) is 7.47. The van der Waals surface area contributed by atoms with E-state index in [2.05, 4.69) is 25.7 Å². The van der Waals surface area contributed by atoms with E-state index in [1.54, 1.807) is 0 Å². The Hall–Kier alpha value is -1.79. The molecule has 186 valence electrons. The quantitative estimate of drug-likeness (QED) is 0.420. The van der Waals surface area contributed by atoms with Crippen molar-refractivity contribution in [3.05, 3.63) is 28.6 Å². The molecular weight excluding hydrogens is 468 g/mol. The molecule has 4 rings (SSSR count). The largest absolute Gasteiger partial charge is 0.550 e. The average Bonchev–Trinajstić information content (AvgIpc) is 3.45. The molecule has 0 N–H and O–H groups in total. The van der Waals surface area contributed by atoms with Crippen molar-refractivity contribution in [3.63, 3.8) is 0 Å².